The number of carbonyl (C=O) groups excluding carboxylic acids is 1. The molecule has 5 nitrogen and oxygen atoms in total. The van der Waals surface area contributed by atoms with Crippen molar-refractivity contribution >= 4 is 30.8 Å². The number of urea groups is 1. The molecule has 0 saturated carbocycles. The Labute approximate surface area is 123 Å². The number of carbonyl (C=O) groups is 1. The molecule has 1 heterocycles. The van der Waals surface area contributed by atoms with Crippen molar-refractivity contribution in [1.29, 1.82) is 0 Å². The van der Waals surface area contributed by atoms with Crippen LogP contribution in [0.1, 0.15) is 12.8 Å². The Morgan fingerprint density at radius 2 is 1.50 bits per heavy atom. The molecule has 0 bridgehead atoms. The van der Waals surface area contributed by atoms with Crippen molar-refractivity contribution in [3.8, 4) is 0 Å². The molecule has 0 N–H and O–H groups in total. The first-order valence-electron chi connectivity index (χ1n) is 5.91. The summed E-state index contributed by atoms with van der Waals surface area (Å²) in [6.45, 7) is 3.68. The van der Waals surface area contributed by atoms with E-state index in [-0.39, 0.29) is 30.8 Å². The summed E-state index contributed by atoms with van der Waals surface area (Å²) in [4.78, 5) is 15.8. The smallest absolute Gasteiger partial charge is 0.330 e. The molecule has 7 heteroatoms. The van der Waals surface area contributed by atoms with Crippen LogP contribution in [0, 0.1) is 0 Å². The predicted octanol–water partition coefficient (Wildman–Crippen LogP) is 1.39. The Balaban J connectivity index is 0. The number of likely N-dealkylation sites (N-methyl/N-ethyl adjacent to an activating group) is 1. The van der Waals surface area contributed by atoms with E-state index in [4.69, 9.17) is 0 Å². The molecular formula is C11H26Cl2N4O. The van der Waals surface area contributed by atoms with Crippen molar-refractivity contribution in [1.82, 2.24) is 19.8 Å². The summed E-state index contributed by atoms with van der Waals surface area (Å²) in [6, 6.07) is 0.0868. The minimum Gasteiger partial charge on any atom is -0.330 e. The van der Waals surface area contributed by atoms with Crippen molar-refractivity contribution in [2.24, 2.45) is 0 Å². The maximum absolute atomic E-state index is 12.0. The highest BCUT2D eigenvalue weighted by atomic mass is 35.5. The quantitative estimate of drug-likeness (QED) is 0.786. The molecule has 1 fully saturated rings. The molecule has 1 aliphatic heterocycles. The first-order chi connectivity index (χ1) is 7.52. The number of rotatable bonds is 4. The van der Waals surface area contributed by atoms with Gasteiger partial charge in [-0.3, -0.25) is 5.01 Å². The van der Waals surface area contributed by atoms with E-state index in [2.05, 4.69) is 9.91 Å². The molecule has 0 aliphatic carbocycles. The summed E-state index contributed by atoms with van der Waals surface area (Å²) >= 11 is 0. The zero-order valence-corrected chi connectivity index (χ0v) is 13.4. The molecule has 0 unspecified atom stereocenters. The molecule has 1 aliphatic rings. The summed E-state index contributed by atoms with van der Waals surface area (Å²) in [5.41, 5.74) is 0. The van der Waals surface area contributed by atoms with Gasteiger partial charge < -0.3 is 9.80 Å². The van der Waals surface area contributed by atoms with Crippen LogP contribution >= 0.6 is 24.8 Å². The zero-order chi connectivity index (χ0) is 12.1. The van der Waals surface area contributed by atoms with Crippen LogP contribution in [0.3, 0.4) is 0 Å². The Bertz CT molecular complexity index is 233. The van der Waals surface area contributed by atoms with Crippen LogP contribution < -0.4 is 0 Å². The standard InChI is InChI=1S/C11H24N4O.2ClH/c1-12(2)9-10-15(11(16)13(3)4)14-7-5-6-8-14;;/h5-10H2,1-4H3;2*1H. The molecule has 18 heavy (non-hydrogen) atoms. The van der Waals surface area contributed by atoms with Crippen LogP contribution in [-0.2, 0) is 0 Å². The largest absolute Gasteiger partial charge is 0.334 e. The maximum atomic E-state index is 12.0. The minimum absolute atomic E-state index is 0. The predicted molar refractivity (Wildman–Crippen MR) is 79.6 cm³/mol. The van der Waals surface area contributed by atoms with Crippen molar-refractivity contribution < 1.29 is 4.79 Å². The van der Waals surface area contributed by atoms with Gasteiger partial charge in [-0.05, 0) is 26.9 Å². The normalized spacial score (nSPS) is 14.9. The monoisotopic (exact) mass is 300 g/mol. The highest BCUT2D eigenvalue weighted by Gasteiger charge is 2.25. The number of amides is 2. The summed E-state index contributed by atoms with van der Waals surface area (Å²) in [5, 5.41) is 4.05. The average Bonchev–Trinajstić information content (AvgIpc) is 2.70. The fourth-order valence-electron chi connectivity index (χ4n) is 1.83. The Morgan fingerprint density at radius 1 is 1.00 bits per heavy atom. The summed E-state index contributed by atoms with van der Waals surface area (Å²) in [6.07, 6.45) is 2.39. The maximum Gasteiger partial charge on any atom is 0.334 e. The molecule has 0 aromatic heterocycles. The van der Waals surface area contributed by atoms with E-state index in [1.54, 1.807) is 19.0 Å². The summed E-state index contributed by atoms with van der Waals surface area (Å²) in [7, 11) is 7.67. The van der Waals surface area contributed by atoms with E-state index < -0.39 is 0 Å². The second-order valence-corrected chi connectivity index (χ2v) is 4.76. The number of halogens is 2. The highest BCUT2D eigenvalue weighted by molar-refractivity contribution is 5.85. The number of hydrazine groups is 1. The minimum atomic E-state index is 0. The van der Waals surface area contributed by atoms with Gasteiger partial charge >= 0.3 is 6.03 Å². The fourth-order valence-corrected chi connectivity index (χ4v) is 1.83. The van der Waals surface area contributed by atoms with Gasteiger partial charge in [-0.2, -0.15) is 0 Å². The van der Waals surface area contributed by atoms with Crippen LogP contribution in [0.15, 0.2) is 0 Å². The molecule has 1 rings (SSSR count). The summed E-state index contributed by atoms with van der Waals surface area (Å²) < 4.78 is 0. The lowest BCUT2D eigenvalue weighted by Crippen LogP contribution is -2.51. The van der Waals surface area contributed by atoms with Crippen molar-refractivity contribution in [2.45, 2.75) is 12.8 Å². The van der Waals surface area contributed by atoms with Gasteiger partial charge in [-0.1, -0.05) is 0 Å². The van der Waals surface area contributed by atoms with Crippen LogP contribution in [-0.4, -0.2) is 80.2 Å². The SMILES string of the molecule is CN(C)CCN(C(=O)N(C)C)N1CCCC1.Cl.Cl. The van der Waals surface area contributed by atoms with E-state index in [0.717, 1.165) is 26.2 Å². The van der Waals surface area contributed by atoms with Gasteiger partial charge in [-0.25, -0.2) is 9.80 Å². The van der Waals surface area contributed by atoms with Gasteiger partial charge in [0.15, 0.2) is 0 Å². The molecule has 1 saturated heterocycles. The molecular weight excluding hydrogens is 275 g/mol. The molecule has 110 valence electrons. The Morgan fingerprint density at radius 3 is 1.89 bits per heavy atom. The highest BCUT2D eigenvalue weighted by Crippen LogP contribution is 2.12. The van der Waals surface area contributed by atoms with E-state index in [0.29, 0.717) is 0 Å². The van der Waals surface area contributed by atoms with Crippen molar-refractivity contribution in [2.75, 3.05) is 54.4 Å². The number of nitrogens with zero attached hydrogens (tertiary/aromatic N) is 4. The fraction of sp³-hybridized carbons (Fsp3) is 0.909. The van der Waals surface area contributed by atoms with Gasteiger partial charge in [-0.15, -0.1) is 24.8 Å². The molecule has 0 aromatic rings. The van der Waals surface area contributed by atoms with Gasteiger partial charge in [0.2, 0.25) is 0 Å². The van der Waals surface area contributed by atoms with Crippen LogP contribution in [0.25, 0.3) is 0 Å². The Kier molecular flexibility index (Phi) is 10.8. The van der Waals surface area contributed by atoms with E-state index in [9.17, 15) is 4.79 Å². The first-order valence-corrected chi connectivity index (χ1v) is 5.91. The van der Waals surface area contributed by atoms with Gasteiger partial charge in [0.05, 0.1) is 6.54 Å². The second-order valence-electron chi connectivity index (χ2n) is 4.76. The first kappa shape index (κ1) is 20.1. The lowest BCUT2D eigenvalue weighted by molar-refractivity contribution is 0.0192. The van der Waals surface area contributed by atoms with E-state index in [1.807, 2.05) is 19.1 Å². The van der Waals surface area contributed by atoms with E-state index >= 15 is 0 Å². The molecule has 0 spiro atoms. The second kappa shape index (κ2) is 9.67. The zero-order valence-electron chi connectivity index (χ0n) is 11.8. The Hall–Kier alpha value is -0.230. The third-order valence-corrected chi connectivity index (χ3v) is 2.79. The molecule has 0 atom stereocenters. The molecule has 0 aromatic carbocycles. The van der Waals surface area contributed by atoms with Gasteiger partial charge in [0.1, 0.15) is 0 Å². The third-order valence-electron chi connectivity index (χ3n) is 2.79. The molecule has 2 amide bonds. The number of hydrogen-bond acceptors (Lipinski definition) is 3. The third kappa shape index (κ3) is 6.09. The van der Waals surface area contributed by atoms with Crippen molar-refractivity contribution in [3.63, 3.8) is 0 Å². The van der Waals surface area contributed by atoms with E-state index in [1.165, 1.54) is 12.8 Å². The lowest BCUT2D eigenvalue weighted by atomic mass is 10.4. The van der Waals surface area contributed by atoms with Crippen LogP contribution in [0.4, 0.5) is 4.79 Å². The summed E-state index contributed by atoms with van der Waals surface area (Å²) in [5.74, 6) is 0. The topological polar surface area (TPSA) is 30.0 Å². The van der Waals surface area contributed by atoms with Crippen molar-refractivity contribution in [3.05, 3.63) is 0 Å². The van der Waals surface area contributed by atoms with Crippen LogP contribution in [0.5, 0.6) is 0 Å². The van der Waals surface area contributed by atoms with Gasteiger partial charge in [0.25, 0.3) is 0 Å². The van der Waals surface area contributed by atoms with Gasteiger partial charge in [0, 0.05) is 33.7 Å². The number of hydrogen-bond donors (Lipinski definition) is 0. The molecule has 0 radical (unpaired) electrons. The average molecular weight is 301 g/mol. The van der Waals surface area contributed by atoms with Crippen LogP contribution in [0.2, 0.25) is 0 Å². The lowest BCUT2D eigenvalue weighted by Gasteiger charge is -2.34.